The van der Waals surface area contributed by atoms with E-state index >= 15 is 0 Å². The van der Waals surface area contributed by atoms with Crippen molar-refractivity contribution in [2.45, 2.75) is 35.6 Å². The van der Waals surface area contributed by atoms with Gasteiger partial charge in [0.05, 0.1) is 35.1 Å². The fourth-order valence-electron chi connectivity index (χ4n) is 4.31. The molecule has 1 aromatic carbocycles. The normalized spacial score (nSPS) is 14.3. The minimum absolute atomic E-state index is 0.247. The maximum Gasteiger partial charge on any atom is 0.124 e. The summed E-state index contributed by atoms with van der Waals surface area (Å²) < 4.78 is 17.4. The molecule has 0 atom stereocenters. The second kappa shape index (κ2) is 8.70. The monoisotopic (exact) mass is 457 g/mol. The van der Waals surface area contributed by atoms with Crippen molar-refractivity contribution in [3.8, 4) is 23.3 Å². The lowest BCUT2D eigenvalue weighted by molar-refractivity contribution is 0.338. The van der Waals surface area contributed by atoms with Crippen molar-refractivity contribution in [2.75, 3.05) is 13.1 Å². The Bertz CT molecular complexity index is 1430. The van der Waals surface area contributed by atoms with Gasteiger partial charge in [-0.05, 0) is 57.1 Å². The molecule has 0 saturated carbocycles. The fraction of sp³-hybridized carbons (Fsp3) is 0.250. The zero-order chi connectivity index (χ0) is 22.9. The van der Waals surface area contributed by atoms with Crippen molar-refractivity contribution in [3.05, 3.63) is 65.5 Å². The van der Waals surface area contributed by atoms with E-state index in [2.05, 4.69) is 39.3 Å². The van der Waals surface area contributed by atoms with E-state index in [0.29, 0.717) is 22.0 Å². The van der Waals surface area contributed by atoms with Gasteiger partial charge in [0.1, 0.15) is 18.0 Å². The molecular weight excluding hydrogens is 437 g/mol. The smallest absolute Gasteiger partial charge is 0.124 e. The highest BCUT2D eigenvalue weighted by molar-refractivity contribution is 7.99. The first kappa shape index (κ1) is 21.2. The van der Waals surface area contributed by atoms with Gasteiger partial charge < -0.3 is 5.32 Å². The predicted octanol–water partition coefficient (Wildman–Crippen LogP) is 4.46. The minimum atomic E-state index is -0.460. The molecule has 1 aliphatic rings. The molecule has 1 N–H and O–H groups in total. The van der Waals surface area contributed by atoms with Crippen LogP contribution >= 0.6 is 11.8 Å². The lowest BCUT2D eigenvalue weighted by Crippen LogP contribution is -2.30. The Morgan fingerprint density at radius 1 is 1.06 bits per heavy atom. The van der Waals surface area contributed by atoms with Gasteiger partial charge in [0.2, 0.25) is 0 Å². The first-order chi connectivity index (χ1) is 16.1. The first-order valence-electron chi connectivity index (χ1n) is 10.6. The number of rotatable bonds is 4. The van der Waals surface area contributed by atoms with E-state index in [1.165, 1.54) is 30.1 Å². The summed E-state index contributed by atoms with van der Waals surface area (Å²) in [7, 11) is 0. The lowest BCUT2D eigenvalue weighted by atomic mass is 10.1. The molecule has 0 radical (unpaired) electrons. The summed E-state index contributed by atoms with van der Waals surface area (Å²) >= 11 is 1.32. The van der Waals surface area contributed by atoms with Crippen LogP contribution < -0.4 is 5.32 Å². The summed E-state index contributed by atoms with van der Waals surface area (Å²) in [6, 6.07) is 10.7. The van der Waals surface area contributed by atoms with E-state index in [0.717, 1.165) is 47.6 Å². The van der Waals surface area contributed by atoms with Crippen LogP contribution in [0.4, 0.5) is 4.39 Å². The van der Waals surface area contributed by atoms with E-state index in [1.54, 1.807) is 10.6 Å². The van der Waals surface area contributed by atoms with Crippen LogP contribution in [-0.2, 0) is 0 Å². The Hall–Kier alpha value is -3.66. The van der Waals surface area contributed by atoms with Crippen LogP contribution in [0.25, 0.3) is 16.6 Å². The number of nitrogens with one attached hydrogen (secondary N) is 1. The third-order valence-electron chi connectivity index (χ3n) is 5.99. The summed E-state index contributed by atoms with van der Waals surface area (Å²) in [4.78, 5) is 1.38. The number of nitriles is 2. The summed E-state index contributed by atoms with van der Waals surface area (Å²) in [5.41, 5.74) is 4.32. The number of halogens is 1. The lowest BCUT2D eigenvalue weighted by Gasteiger charge is -2.24. The highest BCUT2D eigenvalue weighted by Gasteiger charge is 2.21. The van der Waals surface area contributed by atoms with E-state index < -0.39 is 5.82 Å². The molecule has 1 saturated heterocycles. The van der Waals surface area contributed by atoms with Gasteiger partial charge >= 0.3 is 0 Å². The highest BCUT2D eigenvalue weighted by Crippen LogP contribution is 2.38. The molecule has 0 aliphatic carbocycles. The molecule has 3 aromatic heterocycles. The zero-order valence-electron chi connectivity index (χ0n) is 17.9. The van der Waals surface area contributed by atoms with Crippen molar-refractivity contribution in [1.82, 2.24) is 24.7 Å². The van der Waals surface area contributed by atoms with Gasteiger partial charge in [-0.1, -0.05) is 11.8 Å². The quantitative estimate of drug-likeness (QED) is 0.486. The molecule has 5 rings (SSSR count). The van der Waals surface area contributed by atoms with Crippen LogP contribution in [0.3, 0.4) is 0 Å². The van der Waals surface area contributed by atoms with Crippen molar-refractivity contribution in [1.29, 1.82) is 10.5 Å². The Kier molecular flexibility index (Phi) is 5.59. The molecule has 4 heterocycles. The number of hydrogen-bond donors (Lipinski definition) is 1. The van der Waals surface area contributed by atoms with Gasteiger partial charge in [0, 0.05) is 32.8 Å². The first-order valence-corrected chi connectivity index (χ1v) is 11.4. The number of aromatic nitrogens is 4. The van der Waals surface area contributed by atoms with E-state index in [-0.39, 0.29) is 5.56 Å². The van der Waals surface area contributed by atoms with Gasteiger partial charge in [-0.3, -0.25) is 4.68 Å². The van der Waals surface area contributed by atoms with Crippen molar-refractivity contribution in [3.63, 3.8) is 0 Å². The molecule has 33 heavy (non-hydrogen) atoms. The average molecular weight is 458 g/mol. The molecule has 9 heteroatoms. The van der Waals surface area contributed by atoms with Crippen molar-refractivity contribution < 1.29 is 4.39 Å². The number of pyridine rings is 1. The Morgan fingerprint density at radius 3 is 2.61 bits per heavy atom. The van der Waals surface area contributed by atoms with Crippen LogP contribution in [0.2, 0.25) is 0 Å². The standard InChI is InChI=1S/C24H20FN7S/c1-15-21(13-30-32(15)20-4-6-28-7-5-20)17-9-23(24-18(11-27)12-29-31(24)14-17)33-22-3-2-19(25)8-16(22)10-26/h2-3,8-9,12-14,20,28H,4-7H2,1H3. The van der Waals surface area contributed by atoms with Crippen molar-refractivity contribution in [2.24, 2.45) is 0 Å². The van der Waals surface area contributed by atoms with Crippen LogP contribution in [0.15, 0.2) is 52.6 Å². The molecule has 1 fully saturated rings. The van der Waals surface area contributed by atoms with E-state index in [9.17, 15) is 14.9 Å². The Labute approximate surface area is 194 Å². The maximum absolute atomic E-state index is 13.6. The topological polar surface area (TPSA) is 94.7 Å². The molecule has 7 nitrogen and oxygen atoms in total. The summed E-state index contributed by atoms with van der Waals surface area (Å²) in [5, 5.41) is 31.5. The number of nitrogens with zero attached hydrogens (tertiary/aromatic N) is 6. The molecular formula is C24H20FN7S. The molecule has 164 valence electrons. The minimum Gasteiger partial charge on any atom is -0.317 e. The largest absolute Gasteiger partial charge is 0.317 e. The number of hydrogen-bond acceptors (Lipinski definition) is 6. The maximum atomic E-state index is 13.6. The molecule has 0 amide bonds. The Balaban J connectivity index is 1.62. The summed E-state index contributed by atoms with van der Waals surface area (Å²) in [5.74, 6) is -0.460. The van der Waals surface area contributed by atoms with Gasteiger partial charge in [-0.2, -0.15) is 20.7 Å². The second-order valence-electron chi connectivity index (χ2n) is 7.98. The molecule has 0 unspecified atom stereocenters. The van der Waals surface area contributed by atoms with E-state index in [1.807, 2.05) is 18.5 Å². The fourth-order valence-corrected chi connectivity index (χ4v) is 5.39. The highest BCUT2D eigenvalue weighted by atomic mass is 32.2. The number of fused-ring (bicyclic) bond motifs is 1. The van der Waals surface area contributed by atoms with Gasteiger partial charge in [0.15, 0.2) is 0 Å². The SMILES string of the molecule is Cc1c(-c2cc(Sc3ccc(F)cc3C#N)c3c(C#N)cnn3c2)cnn1C1CCNCC1. The second-order valence-corrected chi connectivity index (χ2v) is 9.06. The van der Waals surface area contributed by atoms with Crippen LogP contribution in [0, 0.1) is 35.4 Å². The third kappa shape index (κ3) is 3.86. The number of benzene rings is 1. The van der Waals surface area contributed by atoms with Crippen molar-refractivity contribution >= 4 is 17.3 Å². The van der Waals surface area contributed by atoms with Crippen LogP contribution in [0.1, 0.15) is 35.7 Å². The predicted molar refractivity (Wildman–Crippen MR) is 122 cm³/mol. The van der Waals surface area contributed by atoms with E-state index in [4.69, 9.17) is 0 Å². The van der Waals surface area contributed by atoms with Gasteiger partial charge in [-0.15, -0.1) is 0 Å². The van der Waals surface area contributed by atoms with Gasteiger partial charge in [-0.25, -0.2) is 8.91 Å². The molecule has 1 aliphatic heterocycles. The number of piperidine rings is 1. The molecule has 4 aromatic rings. The summed E-state index contributed by atoms with van der Waals surface area (Å²) in [6.45, 7) is 4.03. The van der Waals surface area contributed by atoms with Gasteiger partial charge in [0.25, 0.3) is 0 Å². The zero-order valence-corrected chi connectivity index (χ0v) is 18.7. The molecule has 0 bridgehead atoms. The average Bonchev–Trinajstić information content (AvgIpc) is 3.44. The van der Waals surface area contributed by atoms with Crippen LogP contribution in [-0.4, -0.2) is 32.5 Å². The third-order valence-corrected chi connectivity index (χ3v) is 7.10. The summed E-state index contributed by atoms with van der Waals surface area (Å²) in [6.07, 6.45) is 7.38. The van der Waals surface area contributed by atoms with Crippen LogP contribution in [0.5, 0.6) is 0 Å². The Morgan fingerprint density at radius 2 is 1.85 bits per heavy atom. The molecule has 0 spiro atoms.